The highest BCUT2D eigenvalue weighted by Crippen LogP contribution is 2.25. The Hall–Kier alpha value is -1.79. The summed E-state index contributed by atoms with van der Waals surface area (Å²) in [7, 11) is 0. The van der Waals surface area contributed by atoms with E-state index in [9.17, 15) is 9.59 Å². The van der Waals surface area contributed by atoms with Crippen LogP contribution in [0.5, 0.6) is 0 Å². The summed E-state index contributed by atoms with van der Waals surface area (Å²) >= 11 is 1.60. The van der Waals surface area contributed by atoms with Crippen molar-refractivity contribution in [1.82, 2.24) is 4.90 Å². The van der Waals surface area contributed by atoms with Crippen LogP contribution < -0.4 is 0 Å². The molecule has 1 unspecified atom stereocenters. The first-order valence-corrected chi connectivity index (χ1v) is 8.46. The van der Waals surface area contributed by atoms with Gasteiger partial charge in [0.15, 0.2) is 6.10 Å². The number of aliphatic carboxylic acids is 1. The van der Waals surface area contributed by atoms with Crippen LogP contribution in [0.2, 0.25) is 0 Å². The summed E-state index contributed by atoms with van der Waals surface area (Å²) in [6.45, 7) is 4.82. The molecule has 1 saturated heterocycles. The van der Waals surface area contributed by atoms with Crippen LogP contribution in [0.1, 0.15) is 24.2 Å². The highest BCUT2D eigenvalue weighted by Gasteiger charge is 2.30. The number of ether oxygens (including phenoxy) is 1. The lowest BCUT2D eigenvalue weighted by atomic mass is 10.1. The molecule has 0 saturated carbocycles. The molecule has 1 heterocycles. The van der Waals surface area contributed by atoms with Gasteiger partial charge in [0.05, 0.1) is 18.7 Å². The lowest BCUT2D eigenvalue weighted by Gasteiger charge is -2.31. The fraction of sp³-hybridized carbons (Fsp3) is 0.412. The number of amides is 1. The van der Waals surface area contributed by atoms with Crippen molar-refractivity contribution in [2.24, 2.45) is 0 Å². The van der Waals surface area contributed by atoms with Gasteiger partial charge in [-0.1, -0.05) is 23.8 Å². The molecule has 1 aromatic carbocycles. The van der Waals surface area contributed by atoms with Crippen LogP contribution >= 0.6 is 11.8 Å². The molecule has 0 bridgehead atoms. The maximum Gasteiger partial charge on any atom is 0.334 e. The number of thioether (sulfide) groups is 1. The topological polar surface area (TPSA) is 66.8 Å². The van der Waals surface area contributed by atoms with E-state index in [-0.39, 0.29) is 19.1 Å². The van der Waals surface area contributed by atoms with Crippen molar-refractivity contribution in [3.8, 4) is 0 Å². The molecule has 124 valence electrons. The third kappa shape index (κ3) is 4.84. The molecule has 1 aromatic rings. The smallest absolute Gasteiger partial charge is 0.334 e. The van der Waals surface area contributed by atoms with Crippen molar-refractivity contribution in [1.29, 1.82) is 0 Å². The Kier molecular flexibility index (Phi) is 6.24. The van der Waals surface area contributed by atoms with E-state index in [1.165, 1.54) is 5.57 Å². The van der Waals surface area contributed by atoms with Crippen molar-refractivity contribution in [3.63, 3.8) is 0 Å². The Labute approximate surface area is 140 Å². The molecule has 23 heavy (non-hydrogen) atoms. The number of hydrogen-bond donors (Lipinski definition) is 1. The summed E-state index contributed by atoms with van der Waals surface area (Å²) in [4.78, 5) is 26.3. The molecule has 1 N–H and O–H groups in total. The van der Waals surface area contributed by atoms with Crippen LogP contribution in [0.15, 0.2) is 40.8 Å². The van der Waals surface area contributed by atoms with Gasteiger partial charge in [0.1, 0.15) is 0 Å². The predicted octanol–water partition coefficient (Wildman–Crippen LogP) is 2.67. The van der Waals surface area contributed by atoms with Gasteiger partial charge in [-0.3, -0.25) is 4.79 Å². The summed E-state index contributed by atoms with van der Waals surface area (Å²) in [5.41, 5.74) is 1.85. The van der Waals surface area contributed by atoms with Crippen LogP contribution in [0.3, 0.4) is 0 Å². The summed E-state index contributed by atoms with van der Waals surface area (Å²) in [5.74, 6) is -0.374. The van der Waals surface area contributed by atoms with Gasteiger partial charge in [-0.2, -0.15) is 0 Å². The van der Waals surface area contributed by atoms with E-state index >= 15 is 0 Å². The van der Waals surface area contributed by atoms with E-state index in [2.05, 4.69) is 6.08 Å². The number of allylic oxidation sites excluding steroid dienone is 1. The van der Waals surface area contributed by atoms with Gasteiger partial charge < -0.3 is 14.7 Å². The van der Waals surface area contributed by atoms with Gasteiger partial charge in [-0.05, 0) is 26.0 Å². The zero-order valence-corrected chi connectivity index (χ0v) is 14.1. The monoisotopic (exact) mass is 335 g/mol. The highest BCUT2D eigenvalue weighted by atomic mass is 32.2. The minimum absolute atomic E-state index is 0.0845. The molecule has 1 amide bonds. The minimum atomic E-state index is -1.03. The van der Waals surface area contributed by atoms with E-state index in [0.29, 0.717) is 12.1 Å². The van der Waals surface area contributed by atoms with Gasteiger partial charge in [-0.25, -0.2) is 4.79 Å². The fourth-order valence-electron chi connectivity index (χ4n) is 2.22. The normalized spacial score (nSPS) is 17.7. The Balaban J connectivity index is 2.12. The van der Waals surface area contributed by atoms with Crippen LogP contribution in [-0.2, 0) is 9.53 Å². The zero-order valence-electron chi connectivity index (χ0n) is 13.3. The number of benzene rings is 1. The van der Waals surface area contributed by atoms with Crippen LogP contribution in [0.25, 0.3) is 0 Å². The molecule has 1 aliphatic heterocycles. The number of carboxylic acid groups (broad SMARTS) is 1. The molecule has 1 fully saturated rings. The average molecular weight is 335 g/mol. The van der Waals surface area contributed by atoms with E-state index in [1.807, 2.05) is 32.0 Å². The van der Waals surface area contributed by atoms with Gasteiger partial charge in [0.2, 0.25) is 0 Å². The zero-order chi connectivity index (χ0) is 16.8. The summed E-state index contributed by atoms with van der Waals surface area (Å²) in [6, 6.07) is 7.44. The summed E-state index contributed by atoms with van der Waals surface area (Å²) in [6.07, 6.45) is 1.17. The maximum atomic E-state index is 12.7. The highest BCUT2D eigenvalue weighted by molar-refractivity contribution is 7.99. The number of carbonyl (C=O) groups is 2. The molecule has 0 spiro atoms. The van der Waals surface area contributed by atoms with E-state index in [4.69, 9.17) is 9.84 Å². The number of rotatable bonds is 5. The second kappa shape index (κ2) is 8.17. The third-order valence-electron chi connectivity index (χ3n) is 3.48. The number of carboxylic acids is 1. The van der Waals surface area contributed by atoms with Crippen LogP contribution in [0.4, 0.5) is 0 Å². The molecule has 0 radical (unpaired) electrons. The van der Waals surface area contributed by atoms with Gasteiger partial charge >= 0.3 is 5.97 Å². The molecule has 5 nitrogen and oxygen atoms in total. The third-order valence-corrected chi connectivity index (χ3v) is 4.48. The first-order chi connectivity index (χ1) is 11.0. The SMILES string of the molecule is CC(C)=CCSc1ccccc1C(=O)N1CCOC(C(=O)O)C1. The van der Waals surface area contributed by atoms with Crippen molar-refractivity contribution < 1.29 is 19.4 Å². The summed E-state index contributed by atoms with van der Waals surface area (Å²) in [5, 5.41) is 9.06. The Morgan fingerprint density at radius 3 is 2.83 bits per heavy atom. The number of nitrogens with zero attached hydrogens (tertiary/aromatic N) is 1. The van der Waals surface area contributed by atoms with E-state index in [0.717, 1.165) is 10.6 Å². The molecule has 1 aliphatic rings. The van der Waals surface area contributed by atoms with Crippen molar-refractivity contribution in [2.45, 2.75) is 24.8 Å². The number of morpholine rings is 1. The van der Waals surface area contributed by atoms with Gasteiger partial charge in [0.25, 0.3) is 5.91 Å². The predicted molar refractivity (Wildman–Crippen MR) is 89.9 cm³/mol. The Morgan fingerprint density at radius 1 is 1.39 bits per heavy atom. The number of hydrogen-bond acceptors (Lipinski definition) is 4. The van der Waals surface area contributed by atoms with E-state index in [1.54, 1.807) is 22.7 Å². The van der Waals surface area contributed by atoms with Crippen molar-refractivity contribution in [2.75, 3.05) is 25.4 Å². The lowest BCUT2D eigenvalue weighted by Crippen LogP contribution is -2.48. The Bertz CT molecular complexity index is 610. The molecular weight excluding hydrogens is 314 g/mol. The minimum Gasteiger partial charge on any atom is -0.479 e. The molecule has 0 aliphatic carbocycles. The van der Waals surface area contributed by atoms with Crippen LogP contribution in [0, 0.1) is 0 Å². The van der Waals surface area contributed by atoms with Crippen molar-refractivity contribution >= 4 is 23.6 Å². The van der Waals surface area contributed by atoms with Crippen molar-refractivity contribution in [3.05, 3.63) is 41.5 Å². The first kappa shape index (κ1) is 17.6. The second-order valence-electron chi connectivity index (χ2n) is 5.54. The molecule has 0 aromatic heterocycles. The molecule has 1 atom stereocenters. The quantitative estimate of drug-likeness (QED) is 0.662. The molecule has 2 rings (SSSR count). The molecular formula is C17H21NO4S. The average Bonchev–Trinajstić information content (AvgIpc) is 2.54. The number of carbonyl (C=O) groups excluding carboxylic acids is 1. The van der Waals surface area contributed by atoms with Gasteiger partial charge in [0, 0.05) is 17.2 Å². The molecule has 6 heteroatoms. The largest absolute Gasteiger partial charge is 0.479 e. The van der Waals surface area contributed by atoms with Gasteiger partial charge in [-0.15, -0.1) is 11.8 Å². The van der Waals surface area contributed by atoms with Crippen LogP contribution in [-0.4, -0.2) is 53.4 Å². The Morgan fingerprint density at radius 2 is 2.13 bits per heavy atom. The first-order valence-electron chi connectivity index (χ1n) is 7.48. The standard InChI is InChI=1S/C17H21NO4S/c1-12(2)7-10-23-15-6-4-3-5-13(15)16(19)18-8-9-22-14(11-18)17(20)21/h3-7,14H,8-11H2,1-2H3,(H,20,21). The second-order valence-corrected chi connectivity index (χ2v) is 6.60. The lowest BCUT2D eigenvalue weighted by molar-refractivity contribution is -0.154. The summed E-state index contributed by atoms with van der Waals surface area (Å²) < 4.78 is 5.17. The van der Waals surface area contributed by atoms with E-state index < -0.39 is 12.1 Å². The maximum absolute atomic E-state index is 12.7. The fourth-order valence-corrected chi connectivity index (χ4v) is 3.30.